The average molecular weight is 234 g/mol. The summed E-state index contributed by atoms with van der Waals surface area (Å²) < 4.78 is 0. The number of nitrogens with zero attached hydrogens (tertiary/aromatic N) is 2. The number of para-hydroxylation sites is 1. The molecular formula is C12H14N2O3. The number of carbonyl (C=O) groups excluding carboxylic acids is 1. The van der Waals surface area contributed by atoms with Crippen LogP contribution in [0.3, 0.4) is 0 Å². The molecule has 0 radical (unpaired) electrons. The smallest absolute Gasteiger partial charge is 0.337 e. The van der Waals surface area contributed by atoms with Crippen molar-refractivity contribution in [3.63, 3.8) is 0 Å². The third kappa shape index (κ3) is 2.38. The lowest BCUT2D eigenvalue weighted by Gasteiger charge is -2.34. The normalized spacial score (nSPS) is 15.8. The lowest BCUT2D eigenvalue weighted by molar-refractivity contribution is -0.118. The number of rotatable bonds is 3. The number of piperazine rings is 1. The zero-order chi connectivity index (χ0) is 12.3. The molecule has 1 amide bonds. The third-order valence-corrected chi connectivity index (χ3v) is 2.94. The molecule has 17 heavy (non-hydrogen) atoms. The van der Waals surface area contributed by atoms with Gasteiger partial charge < -0.3 is 14.9 Å². The van der Waals surface area contributed by atoms with Crippen LogP contribution in [0.2, 0.25) is 0 Å². The minimum atomic E-state index is -0.918. The van der Waals surface area contributed by atoms with E-state index in [0.29, 0.717) is 31.7 Å². The van der Waals surface area contributed by atoms with Crippen LogP contribution in [0.5, 0.6) is 0 Å². The van der Waals surface area contributed by atoms with Crippen molar-refractivity contribution in [2.45, 2.75) is 0 Å². The molecule has 0 bridgehead atoms. The fraction of sp³-hybridized carbons (Fsp3) is 0.333. The highest BCUT2D eigenvalue weighted by Crippen LogP contribution is 2.21. The summed E-state index contributed by atoms with van der Waals surface area (Å²) in [4.78, 5) is 25.4. The Labute approximate surface area is 99.3 Å². The molecule has 1 aromatic rings. The van der Waals surface area contributed by atoms with Gasteiger partial charge in [-0.1, -0.05) is 12.1 Å². The van der Waals surface area contributed by atoms with Crippen molar-refractivity contribution in [2.75, 3.05) is 31.1 Å². The van der Waals surface area contributed by atoms with Crippen LogP contribution in [-0.4, -0.2) is 48.6 Å². The monoisotopic (exact) mass is 234 g/mol. The first-order valence-electron chi connectivity index (χ1n) is 5.49. The molecular weight excluding hydrogens is 220 g/mol. The van der Waals surface area contributed by atoms with Gasteiger partial charge in [0.05, 0.1) is 11.3 Å². The molecule has 0 aromatic heterocycles. The van der Waals surface area contributed by atoms with Gasteiger partial charge in [-0.2, -0.15) is 0 Å². The summed E-state index contributed by atoms with van der Waals surface area (Å²) in [5, 5.41) is 9.10. The van der Waals surface area contributed by atoms with Gasteiger partial charge in [0.2, 0.25) is 6.41 Å². The molecule has 1 heterocycles. The Morgan fingerprint density at radius 2 is 1.82 bits per heavy atom. The van der Waals surface area contributed by atoms with E-state index in [4.69, 9.17) is 5.11 Å². The zero-order valence-corrected chi connectivity index (χ0v) is 9.37. The van der Waals surface area contributed by atoms with E-state index >= 15 is 0 Å². The number of aromatic carboxylic acids is 1. The number of amides is 1. The number of carbonyl (C=O) groups is 2. The van der Waals surface area contributed by atoms with Gasteiger partial charge in [0.25, 0.3) is 0 Å². The van der Waals surface area contributed by atoms with Crippen molar-refractivity contribution in [3.05, 3.63) is 29.8 Å². The average Bonchev–Trinajstić information content (AvgIpc) is 2.39. The van der Waals surface area contributed by atoms with Crippen LogP contribution in [0.25, 0.3) is 0 Å². The quantitative estimate of drug-likeness (QED) is 0.781. The Morgan fingerprint density at radius 1 is 1.18 bits per heavy atom. The van der Waals surface area contributed by atoms with Crippen molar-refractivity contribution in [3.8, 4) is 0 Å². The number of carboxylic acids is 1. The second-order valence-corrected chi connectivity index (χ2v) is 3.95. The van der Waals surface area contributed by atoms with Gasteiger partial charge in [-0.05, 0) is 12.1 Å². The highest BCUT2D eigenvalue weighted by atomic mass is 16.4. The van der Waals surface area contributed by atoms with Gasteiger partial charge >= 0.3 is 5.97 Å². The fourth-order valence-electron chi connectivity index (χ4n) is 2.00. The molecule has 5 heteroatoms. The molecule has 5 nitrogen and oxygen atoms in total. The lowest BCUT2D eigenvalue weighted by Crippen LogP contribution is -2.46. The predicted octanol–water partition coefficient (Wildman–Crippen LogP) is 0.663. The molecule has 0 unspecified atom stereocenters. The first-order valence-corrected chi connectivity index (χ1v) is 5.49. The maximum atomic E-state index is 11.1. The molecule has 0 aliphatic carbocycles. The van der Waals surface area contributed by atoms with Gasteiger partial charge in [-0.25, -0.2) is 4.79 Å². The van der Waals surface area contributed by atoms with E-state index in [0.717, 1.165) is 12.1 Å². The number of hydrogen-bond acceptors (Lipinski definition) is 3. The van der Waals surface area contributed by atoms with E-state index < -0.39 is 5.97 Å². The summed E-state index contributed by atoms with van der Waals surface area (Å²) in [7, 11) is 0. The zero-order valence-electron chi connectivity index (χ0n) is 9.37. The number of benzene rings is 1. The van der Waals surface area contributed by atoms with Crippen molar-refractivity contribution < 1.29 is 14.7 Å². The van der Waals surface area contributed by atoms with Crippen molar-refractivity contribution in [2.24, 2.45) is 0 Å². The van der Waals surface area contributed by atoms with Gasteiger partial charge in [-0.15, -0.1) is 0 Å². The molecule has 90 valence electrons. The molecule has 1 N–H and O–H groups in total. The van der Waals surface area contributed by atoms with Gasteiger partial charge in [0.1, 0.15) is 0 Å². The maximum Gasteiger partial charge on any atom is 0.337 e. The SMILES string of the molecule is O=CN1CCN(c2ccccc2C(=O)O)CC1. The predicted molar refractivity (Wildman–Crippen MR) is 63.3 cm³/mol. The second-order valence-electron chi connectivity index (χ2n) is 3.95. The minimum Gasteiger partial charge on any atom is -0.478 e. The van der Waals surface area contributed by atoms with Gasteiger partial charge in [0, 0.05) is 26.2 Å². The number of hydrogen-bond donors (Lipinski definition) is 1. The molecule has 1 saturated heterocycles. The van der Waals surface area contributed by atoms with Crippen LogP contribution < -0.4 is 4.90 Å². The standard InChI is InChI=1S/C12H14N2O3/c15-9-13-5-7-14(8-6-13)11-4-2-1-3-10(11)12(16)17/h1-4,9H,5-8H2,(H,16,17). The molecule has 1 aromatic carbocycles. The highest BCUT2D eigenvalue weighted by Gasteiger charge is 2.19. The van der Waals surface area contributed by atoms with E-state index in [9.17, 15) is 9.59 Å². The summed E-state index contributed by atoms with van der Waals surface area (Å²) in [6.07, 6.45) is 0.834. The first kappa shape index (κ1) is 11.4. The van der Waals surface area contributed by atoms with Gasteiger partial charge in [0.15, 0.2) is 0 Å². The minimum absolute atomic E-state index is 0.312. The highest BCUT2D eigenvalue weighted by molar-refractivity contribution is 5.94. The van der Waals surface area contributed by atoms with E-state index in [1.165, 1.54) is 0 Å². The third-order valence-electron chi connectivity index (χ3n) is 2.94. The molecule has 1 aliphatic heterocycles. The number of carboxylic acid groups (broad SMARTS) is 1. The lowest BCUT2D eigenvalue weighted by atomic mass is 10.1. The molecule has 1 fully saturated rings. The summed E-state index contributed by atoms with van der Waals surface area (Å²) in [6.45, 7) is 2.61. The van der Waals surface area contributed by atoms with E-state index in [1.54, 1.807) is 23.1 Å². The van der Waals surface area contributed by atoms with Crippen LogP contribution in [0.1, 0.15) is 10.4 Å². The summed E-state index contributed by atoms with van der Waals surface area (Å²) in [6, 6.07) is 6.95. The largest absolute Gasteiger partial charge is 0.478 e. The number of anilines is 1. The van der Waals surface area contributed by atoms with Gasteiger partial charge in [-0.3, -0.25) is 4.79 Å². The topological polar surface area (TPSA) is 60.9 Å². The fourth-order valence-corrected chi connectivity index (χ4v) is 2.00. The van der Waals surface area contributed by atoms with Crippen LogP contribution in [0.15, 0.2) is 24.3 Å². The van der Waals surface area contributed by atoms with E-state index in [2.05, 4.69) is 0 Å². The van der Waals surface area contributed by atoms with Crippen molar-refractivity contribution in [1.82, 2.24) is 4.90 Å². The van der Waals surface area contributed by atoms with E-state index in [1.807, 2.05) is 11.0 Å². The van der Waals surface area contributed by atoms with E-state index in [-0.39, 0.29) is 0 Å². The van der Waals surface area contributed by atoms with Crippen LogP contribution in [-0.2, 0) is 4.79 Å². The molecule has 1 aliphatic rings. The molecule has 2 rings (SSSR count). The Balaban J connectivity index is 2.18. The Hall–Kier alpha value is -2.04. The summed E-state index contributed by atoms with van der Waals surface area (Å²) >= 11 is 0. The molecule has 0 spiro atoms. The summed E-state index contributed by atoms with van der Waals surface area (Å²) in [5.74, 6) is -0.918. The maximum absolute atomic E-state index is 11.1. The Morgan fingerprint density at radius 3 is 2.41 bits per heavy atom. The van der Waals surface area contributed by atoms with Crippen molar-refractivity contribution in [1.29, 1.82) is 0 Å². The summed E-state index contributed by atoms with van der Waals surface area (Å²) in [5.41, 5.74) is 1.04. The Kier molecular flexibility index (Phi) is 3.27. The van der Waals surface area contributed by atoms with Crippen LogP contribution in [0, 0.1) is 0 Å². The molecule has 0 saturated carbocycles. The van der Waals surface area contributed by atoms with Crippen LogP contribution in [0.4, 0.5) is 5.69 Å². The van der Waals surface area contributed by atoms with Crippen LogP contribution >= 0.6 is 0 Å². The van der Waals surface area contributed by atoms with Crippen molar-refractivity contribution >= 4 is 18.1 Å². The first-order chi connectivity index (χ1) is 8.22. The Bertz CT molecular complexity index is 426. The second kappa shape index (κ2) is 4.86. The molecule has 0 atom stereocenters.